The number of benzene rings is 4. The van der Waals surface area contributed by atoms with E-state index in [9.17, 15) is 0 Å². The van der Waals surface area contributed by atoms with Crippen LogP contribution in [0.4, 0.5) is 0 Å². The maximum Gasteiger partial charge on any atom is 0.0652 e. The van der Waals surface area contributed by atoms with Crippen LogP contribution in [0.5, 0.6) is 0 Å². The highest BCUT2D eigenvalue weighted by Crippen LogP contribution is 2.40. The second-order valence-electron chi connectivity index (χ2n) is 6.26. The molecule has 0 atom stereocenters. The third kappa shape index (κ3) is 2.92. The summed E-state index contributed by atoms with van der Waals surface area (Å²) in [7, 11) is 0. The SMILES string of the molecule is c1ccc(Sc2ccc(-c3cccc4cc5ccccc5cc34)s2)cc1. The van der Waals surface area contributed by atoms with Gasteiger partial charge < -0.3 is 0 Å². The van der Waals surface area contributed by atoms with Gasteiger partial charge in [0.05, 0.1) is 4.21 Å². The maximum atomic E-state index is 2.32. The zero-order valence-corrected chi connectivity index (χ0v) is 15.7. The Labute approximate surface area is 161 Å². The van der Waals surface area contributed by atoms with Crippen LogP contribution in [0.2, 0.25) is 0 Å². The first-order valence-corrected chi connectivity index (χ1v) is 10.2. The van der Waals surface area contributed by atoms with Crippen LogP contribution in [0.1, 0.15) is 0 Å². The summed E-state index contributed by atoms with van der Waals surface area (Å²) < 4.78 is 1.32. The summed E-state index contributed by atoms with van der Waals surface area (Å²) in [6.07, 6.45) is 0. The lowest BCUT2D eigenvalue weighted by molar-refractivity contribution is 1.46. The summed E-state index contributed by atoms with van der Waals surface area (Å²) in [5, 5.41) is 5.21. The average Bonchev–Trinajstić information content (AvgIpc) is 3.15. The molecule has 5 aromatic rings. The predicted octanol–water partition coefficient (Wildman–Crippen LogP) is 7.87. The van der Waals surface area contributed by atoms with Gasteiger partial charge in [-0.25, -0.2) is 0 Å². The van der Waals surface area contributed by atoms with Crippen LogP contribution >= 0.6 is 23.1 Å². The van der Waals surface area contributed by atoms with E-state index in [0.29, 0.717) is 0 Å². The van der Waals surface area contributed by atoms with Gasteiger partial charge in [-0.15, -0.1) is 11.3 Å². The molecular weight excluding hydrogens is 352 g/mol. The maximum absolute atomic E-state index is 2.32. The minimum Gasteiger partial charge on any atom is -0.128 e. The first-order valence-electron chi connectivity index (χ1n) is 8.61. The molecule has 0 aliphatic heterocycles. The van der Waals surface area contributed by atoms with Crippen molar-refractivity contribution in [2.24, 2.45) is 0 Å². The van der Waals surface area contributed by atoms with Crippen LogP contribution in [0.25, 0.3) is 32.0 Å². The van der Waals surface area contributed by atoms with Gasteiger partial charge in [0.1, 0.15) is 0 Å². The third-order valence-corrected chi connectivity index (χ3v) is 6.81. The fourth-order valence-corrected chi connectivity index (χ4v) is 5.47. The molecule has 0 saturated carbocycles. The molecule has 0 saturated heterocycles. The molecule has 0 fully saturated rings. The van der Waals surface area contributed by atoms with Crippen molar-refractivity contribution < 1.29 is 0 Å². The zero-order chi connectivity index (χ0) is 17.3. The average molecular weight is 369 g/mol. The van der Waals surface area contributed by atoms with Crippen molar-refractivity contribution in [2.45, 2.75) is 9.10 Å². The van der Waals surface area contributed by atoms with Crippen molar-refractivity contribution in [3.8, 4) is 10.4 Å². The zero-order valence-electron chi connectivity index (χ0n) is 14.1. The molecule has 124 valence electrons. The second-order valence-corrected chi connectivity index (χ2v) is 8.72. The highest BCUT2D eigenvalue weighted by atomic mass is 32.2. The molecule has 0 unspecified atom stereocenters. The van der Waals surface area contributed by atoms with Gasteiger partial charge in [0.25, 0.3) is 0 Å². The van der Waals surface area contributed by atoms with Crippen molar-refractivity contribution in [3.05, 3.63) is 97.1 Å². The third-order valence-electron chi connectivity index (χ3n) is 4.56. The smallest absolute Gasteiger partial charge is 0.0652 e. The highest BCUT2D eigenvalue weighted by molar-refractivity contribution is 8.01. The predicted molar refractivity (Wildman–Crippen MR) is 115 cm³/mol. The number of hydrogen-bond donors (Lipinski definition) is 0. The van der Waals surface area contributed by atoms with E-state index in [1.165, 1.54) is 41.1 Å². The summed E-state index contributed by atoms with van der Waals surface area (Å²) in [6.45, 7) is 0. The molecule has 0 amide bonds. The standard InChI is InChI=1S/C24H16S2/c1-2-10-20(11-3-1)25-24-14-13-23(26-24)21-12-6-9-19-15-17-7-4-5-8-18(17)16-22(19)21/h1-16H. The minimum atomic E-state index is 1.28. The van der Waals surface area contributed by atoms with Crippen molar-refractivity contribution >= 4 is 44.6 Å². The van der Waals surface area contributed by atoms with E-state index < -0.39 is 0 Å². The molecule has 0 bridgehead atoms. The lowest BCUT2D eigenvalue weighted by Gasteiger charge is -2.07. The molecule has 0 spiro atoms. The first kappa shape index (κ1) is 15.7. The van der Waals surface area contributed by atoms with Gasteiger partial charge in [-0.05, 0) is 63.5 Å². The van der Waals surface area contributed by atoms with E-state index in [2.05, 4.69) is 97.1 Å². The van der Waals surface area contributed by atoms with Crippen molar-refractivity contribution in [2.75, 3.05) is 0 Å². The number of hydrogen-bond acceptors (Lipinski definition) is 2. The van der Waals surface area contributed by atoms with Crippen LogP contribution in [-0.2, 0) is 0 Å². The van der Waals surface area contributed by atoms with Gasteiger partial charge in [-0.3, -0.25) is 0 Å². The van der Waals surface area contributed by atoms with Crippen LogP contribution in [0.3, 0.4) is 0 Å². The summed E-state index contributed by atoms with van der Waals surface area (Å²) in [4.78, 5) is 2.61. The Hall–Kier alpha value is -2.55. The molecule has 0 aliphatic rings. The minimum absolute atomic E-state index is 1.28. The van der Waals surface area contributed by atoms with Gasteiger partial charge in [0.15, 0.2) is 0 Å². The lowest BCUT2D eigenvalue weighted by Crippen LogP contribution is -1.80. The largest absolute Gasteiger partial charge is 0.128 e. The number of rotatable bonds is 3. The fourth-order valence-electron chi connectivity index (χ4n) is 3.31. The van der Waals surface area contributed by atoms with E-state index in [-0.39, 0.29) is 0 Å². The molecular formula is C24H16S2. The summed E-state index contributed by atoms with van der Waals surface area (Å²) >= 11 is 3.69. The van der Waals surface area contributed by atoms with Crippen molar-refractivity contribution in [1.82, 2.24) is 0 Å². The molecule has 26 heavy (non-hydrogen) atoms. The van der Waals surface area contributed by atoms with Crippen molar-refractivity contribution in [1.29, 1.82) is 0 Å². The van der Waals surface area contributed by atoms with E-state index in [1.54, 1.807) is 0 Å². The van der Waals surface area contributed by atoms with Gasteiger partial charge >= 0.3 is 0 Å². The van der Waals surface area contributed by atoms with Crippen LogP contribution in [0, 0.1) is 0 Å². The molecule has 1 heterocycles. The van der Waals surface area contributed by atoms with Crippen molar-refractivity contribution in [3.63, 3.8) is 0 Å². The Balaban J connectivity index is 1.59. The van der Waals surface area contributed by atoms with E-state index >= 15 is 0 Å². The summed E-state index contributed by atoms with van der Waals surface area (Å²) in [5.41, 5.74) is 1.32. The fraction of sp³-hybridized carbons (Fsp3) is 0. The van der Waals surface area contributed by atoms with Crippen LogP contribution in [0.15, 0.2) is 106 Å². The first-order chi connectivity index (χ1) is 12.9. The van der Waals surface area contributed by atoms with Gasteiger partial charge in [-0.1, -0.05) is 72.4 Å². The summed E-state index contributed by atoms with van der Waals surface area (Å²) in [5.74, 6) is 0. The lowest BCUT2D eigenvalue weighted by atomic mass is 9.99. The number of fused-ring (bicyclic) bond motifs is 2. The normalized spacial score (nSPS) is 11.2. The van der Waals surface area contributed by atoms with E-state index in [0.717, 1.165) is 0 Å². The topological polar surface area (TPSA) is 0 Å². The van der Waals surface area contributed by atoms with Gasteiger partial charge in [-0.2, -0.15) is 0 Å². The van der Waals surface area contributed by atoms with Gasteiger partial charge in [0, 0.05) is 9.77 Å². The number of thiophene rings is 1. The Morgan fingerprint density at radius 1 is 0.577 bits per heavy atom. The highest BCUT2D eigenvalue weighted by Gasteiger charge is 2.09. The van der Waals surface area contributed by atoms with E-state index in [1.807, 2.05) is 23.1 Å². The Morgan fingerprint density at radius 3 is 2.15 bits per heavy atom. The Kier molecular flexibility index (Phi) is 4.00. The Bertz CT molecular complexity index is 1200. The molecule has 4 aromatic carbocycles. The molecule has 1 aromatic heterocycles. The molecule has 0 N–H and O–H groups in total. The molecule has 2 heteroatoms. The molecule has 5 rings (SSSR count). The van der Waals surface area contributed by atoms with Crippen LogP contribution < -0.4 is 0 Å². The molecule has 0 aliphatic carbocycles. The molecule has 0 radical (unpaired) electrons. The summed E-state index contributed by atoms with van der Waals surface area (Å²) in [6, 6.07) is 34.8. The monoisotopic (exact) mass is 368 g/mol. The van der Waals surface area contributed by atoms with E-state index in [4.69, 9.17) is 0 Å². The van der Waals surface area contributed by atoms with Crippen LogP contribution in [-0.4, -0.2) is 0 Å². The quantitative estimate of drug-likeness (QED) is 0.292. The van der Waals surface area contributed by atoms with Gasteiger partial charge in [0.2, 0.25) is 0 Å². The molecule has 0 nitrogen and oxygen atoms in total. The second kappa shape index (κ2) is 6.64. The Morgan fingerprint density at radius 2 is 1.31 bits per heavy atom.